The highest BCUT2D eigenvalue weighted by molar-refractivity contribution is 5.84. The van der Waals surface area contributed by atoms with Crippen molar-refractivity contribution >= 4 is 16.8 Å². The number of aromatic nitrogens is 2. The van der Waals surface area contributed by atoms with E-state index in [1.807, 2.05) is 33.8 Å². The number of amides is 1. The summed E-state index contributed by atoms with van der Waals surface area (Å²) in [7, 11) is 4.59. The maximum absolute atomic E-state index is 13.9. The van der Waals surface area contributed by atoms with Gasteiger partial charge in [0.1, 0.15) is 11.9 Å². The Morgan fingerprint density at radius 1 is 1.00 bits per heavy atom. The maximum Gasteiger partial charge on any atom is 0.262 e. The molecule has 1 atom stereocenters. The number of para-hydroxylation sites is 1. The topological polar surface area (TPSA) is 82.9 Å². The van der Waals surface area contributed by atoms with Crippen molar-refractivity contribution in [3.05, 3.63) is 46.8 Å². The summed E-state index contributed by atoms with van der Waals surface area (Å²) in [5, 5.41) is 0.455. The van der Waals surface area contributed by atoms with Crippen LogP contribution in [0.1, 0.15) is 33.7 Å². The number of nitrogens with zero attached hydrogens (tertiary/aromatic N) is 3. The van der Waals surface area contributed by atoms with Gasteiger partial charge in [-0.2, -0.15) is 0 Å². The quantitative estimate of drug-likeness (QED) is 0.470. The van der Waals surface area contributed by atoms with E-state index in [-0.39, 0.29) is 17.4 Å². The Balaban J connectivity index is 2.43. The Bertz CT molecular complexity index is 1210. The van der Waals surface area contributed by atoms with Crippen molar-refractivity contribution in [2.24, 2.45) is 5.92 Å². The molecule has 0 saturated heterocycles. The van der Waals surface area contributed by atoms with Gasteiger partial charge in [0.25, 0.3) is 5.56 Å². The number of rotatable bonds is 9. The summed E-state index contributed by atoms with van der Waals surface area (Å²) in [5.41, 5.74) is 0.856. The third-order valence-corrected chi connectivity index (χ3v) is 5.97. The number of carbonyl (C=O) groups is 1. The summed E-state index contributed by atoms with van der Waals surface area (Å²) in [6.45, 7) is 8.83. The van der Waals surface area contributed by atoms with Gasteiger partial charge in [-0.05, 0) is 44.0 Å². The third-order valence-electron chi connectivity index (χ3n) is 5.97. The van der Waals surface area contributed by atoms with Crippen LogP contribution in [0.3, 0.4) is 0 Å². The van der Waals surface area contributed by atoms with Gasteiger partial charge in [0, 0.05) is 18.7 Å². The van der Waals surface area contributed by atoms with Gasteiger partial charge in [0.2, 0.25) is 11.7 Å². The van der Waals surface area contributed by atoms with Crippen molar-refractivity contribution in [2.75, 3.05) is 34.4 Å². The number of fused-ring (bicyclic) bond motifs is 1. The van der Waals surface area contributed by atoms with E-state index in [2.05, 4.69) is 0 Å². The van der Waals surface area contributed by atoms with Crippen LogP contribution in [-0.2, 0) is 4.79 Å². The fraction of sp³-hybridized carbons (Fsp3) is 0.423. The first-order valence-electron chi connectivity index (χ1n) is 11.4. The van der Waals surface area contributed by atoms with Gasteiger partial charge < -0.3 is 19.1 Å². The molecule has 8 nitrogen and oxygen atoms in total. The second kappa shape index (κ2) is 10.6. The molecule has 0 aliphatic heterocycles. The minimum Gasteiger partial charge on any atom is -0.493 e. The molecular formula is C26H33N3O5. The molecule has 1 amide bonds. The number of ether oxygens (including phenoxy) is 3. The maximum atomic E-state index is 13.9. The van der Waals surface area contributed by atoms with E-state index in [0.29, 0.717) is 52.6 Å². The van der Waals surface area contributed by atoms with Gasteiger partial charge in [-0.3, -0.25) is 14.2 Å². The third kappa shape index (κ3) is 4.44. The second-order valence-electron chi connectivity index (χ2n) is 8.24. The van der Waals surface area contributed by atoms with Crippen LogP contribution in [0.25, 0.3) is 22.3 Å². The number of methoxy groups -OCH3 is 3. The Hall–Kier alpha value is -3.55. The zero-order chi connectivity index (χ0) is 25.0. The van der Waals surface area contributed by atoms with E-state index >= 15 is 0 Å². The summed E-state index contributed by atoms with van der Waals surface area (Å²) in [6.07, 6.45) is 0. The van der Waals surface area contributed by atoms with Crippen molar-refractivity contribution in [2.45, 2.75) is 33.7 Å². The van der Waals surface area contributed by atoms with Gasteiger partial charge in [-0.1, -0.05) is 26.0 Å². The molecule has 0 saturated carbocycles. The largest absolute Gasteiger partial charge is 0.493 e. The molecule has 1 heterocycles. The van der Waals surface area contributed by atoms with Crippen LogP contribution in [0.2, 0.25) is 0 Å². The lowest BCUT2D eigenvalue weighted by atomic mass is 10.0. The predicted octanol–water partition coefficient (Wildman–Crippen LogP) is 4.15. The molecule has 0 spiro atoms. The van der Waals surface area contributed by atoms with Crippen LogP contribution in [0, 0.1) is 5.92 Å². The van der Waals surface area contributed by atoms with Crippen molar-refractivity contribution in [3.63, 3.8) is 0 Å². The normalized spacial score (nSPS) is 12.0. The Morgan fingerprint density at radius 3 is 2.09 bits per heavy atom. The summed E-state index contributed by atoms with van der Waals surface area (Å²) in [6, 6.07) is 9.91. The summed E-state index contributed by atoms with van der Waals surface area (Å²) in [5.74, 6) is 1.39. The first kappa shape index (κ1) is 25.1. The van der Waals surface area contributed by atoms with Gasteiger partial charge in [-0.25, -0.2) is 4.98 Å². The van der Waals surface area contributed by atoms with Crippen molar-refractivity contribution in [3.8, 4) is 28.6 Å². The van der Waals surface area contributed by atoms with Crippen LogP contribution in [-0.4, -0.2) is 54.8 Å². The number of hydrogen-bond acceptors (Lipinski definition) is 6. The lowest BCUT2D eigenvalue weighted by molar-refractivity contribution is -0.135. The standard InChI is InChI=1S/C26H33N3O5/c1-8-28(9-2)26(31)22(16(3)4)29-24(27-19-13-11-10-12-18(19)25(29)30)17-14-20(32-5)23(34-7)21(15-17)33-6/h10-16,22H,8-9H2,1-7H3. The lowest BCUT2D eigenvalue weighted by Gasteiger charge is -2.30. The van der Waals surface area contributed by atoms with Gasteiger partial charge in [0.05, 0.1) is 32.2 Å². The molecule has 3 rings (SSSR count). The lowest BCUT2D eigenvalue weighted by Crippen LogP contribution is -2.43. The molecule has 0 aliphatic carbocycles. The molecule has 3 aromatic rings. The molecule has 0 aliphatic rings. The highest BCUT2D eigenvalue weighted by atomic mass is 16.5. The molecule has 0 fully saturated rings. The zero-order valence-electron chi connectivity index (χ0n) is 20.9. The average molecular weight is 468 g/mol. The highest BCUT2D eigenvalue weighted by Crippen LogP contribution is 2.41. The summed E-state index contributed by atoms with van der Waals surface area (Å²) >= 11 is 0. The fourth-order valence-electron chi connectivity index (χ4n) is 4.23. The highest BCUT2D eigenvalue weighted by Gasteiger charge is 2.32. The van der Waals surface area contributed by atoms with Crippen LogP contribution >= 0.6 is 0 Å². The second-order valence-corrected chi connectivity index (χ2v) is 8.24. The monoisotopic (exact) mass is 467 g/mol. The first-order valence-corrected chi connectivity index (χ1v) is 11.4. The van der Waals surface area contributed by atoms with Crippen LogP contribution in [0.15, 0.2) is 41.2 Å². The first-order chi connectivity index (χ1) is 16.3. The van der Waals surface area contributed by atoms with Gasteiger partial charge in [0.15, 0.2) is 11.5 Å². The molecule has 0 radical (unpaired) electrons. The van der Waals surface area contributed by atoms with E-state index in [1.54, 1.807) is 35.2 Å². The smallest absolute Gasteiger partial charge is 0.262 e. The molecule has 34 heavy (non-hydrogen) atoms. The number of benzene rings is 2. The fourth-order valence-corrected chi connectivity index (χ4v) is 4.23. The van der Waals surface area contributed by atoms with Gasteiger partial charge >= 0.3 is 0 Å². The summed E-state index contributed by atoms with van der Waals surface area (Å²) < 4.78 is 18.0. The number of hydrogen-bond donors (Lipinski definition) is 0. The molecule has 0 bridgehead atoms. The van der Waals surface area contributed by atoms with Crippen LogP contribution in [0.4, 0.5) is 0 Å². The van der Waals surface area contributed by atoms with Gasteiger partial charge in [-0.15, -0.1) is 0 Å². The molecule has 182 valence electrons. The Labute approximate surface area is 200 Å². The van der Waals surface area contributed by atoms with E-state index in [9.17, 15) is 9.59 Å². The molecular weight excluding hydrogens is 434 g/mol. The minimum atomic E-state index is -0.737. The van der Waals surface area contributed by atoms with E-state index in [0.717, 1.165) is 0 Å². The molecule has 1 unspecified atom stereocenters. The number of carbonyl (C=O) groups excluding carboxylic acids is 1. The average Bonchev–Trinajstić information content (AvgIpc) is 2.85. The molecule has 1 aromatic heterocycles. The number of likely N-dealkylation sites (N-methyl/N-ethyl adjacent to an activating group) is 1. The minimum absolute atomic E-state index is 0.118. The van der Waals surface area contributed by atoms with Crippen LogP contribution < -0.4 is 19.8 Å². The summed E-state index contributed by atoms with van der Waals surface area (Å²) in [4.78, 5) is 34.1. The van der Waals surface area contributed by atoms with E-state index < -0.39 is 6.04 Å². The van der Waals surface area contributed by atoms with E-state index in [4.69, 9.17) is 19.2 Å². The Kier molecular flexibility index (Phi) is 7.81. The van der Waals surface area contributed by atoms with Crippen molar-refractivity contribution in [1.29, 1.82) is 0 Å². The zero-order valence-corrected chi connectivity index (χ0v) is 20.9. The SMILES string of the molecule is CCN(CC)C(=O)C(C(C)C)n1c(-c2cc(OC)c(OC)c(OC)c2)nc2ccccc2c1=O. The van der Waals surface area contributed by atoms with Crippen molar-refractivity contribution < 1.29 is 19.0 Å². The van der Waals surface area contributed by atoms with E-state index in [1.165, 1.54) is 25.9 Å². The molecule has 8 heteroatoms. The molecule has 0 N–H and O–H groups in total. The predicted molar refractivity (Wildman–Crippen MR) is 133 cm³/mol. The Morgan fingerprint density at radius 2 is 1.59 bits per heavy atom. The van der Waals surface area contributed by atoms with Crippen LogP contribution in [0.5, 0.6) is 17.2 Å². The van der Waals surface area contributed by atoms with Crippen molar-refractivity contribution in [1.82, 2.24) is 14.5 Å². The molecule has 2 aromatic carbocycles.